The van der Waals surface area contributed by atoms with E-state index in [1.54, 1.807) is 12.1 Å². The molecular weight excluding hydrogens is 260 g/mol. The lowest BCUT2D eigenvalue weighted by Gasteiger charge is -2.24. The van der Waals surface area contributed by atoms with Crippen molar-refractivity contribution < 1.29 is 9.90 Å². The Bertz CT molecular complexity index is 630. The monoisotopic (exact) mass is 276 g/mol. The van der Waals surface area contributed by atoms with Crippen LogP contribution in [0, 0.1) is 6.92 Å². The van der Waals surface area contributed by atoms with Crippen LogP contribution >= 0.6 is 11.8 Å². The van der Waals surface area contributed by atoms with Crippen LogP contribution in [0.4, 0.5) is 0 Å². The lowest BCUT2D eigenvalue weighted by molar-refractivity contribution is 0.0697. The predicted octanol–water partition coefficient (Wildman–Crippen LogP) is 3.11. The van der Waals surface area contributed by atoms with E-state index in [9.17, 15) is 4.79 Å². The SMILES string of the molecule is Cc1nc2cc(C(=O)O)ccc2n1C1CCSCC1. The molecule has 0 amide bonds. The topological polar surface area (TPSA) is 55.1 Å². The van der Waals surface area contributed by atoms with Gasteiger partial charge in [0.1, 0.15) is 5.82 Å². The maximum absolute atomic E-state index is 11.0. The summed E-state index contributed by atoms with van der Waals surface area (Å²) in [5, 5.41) is 9.03. The fourth-order valence-corrected chi connectivity index (χ4v) is 3.84. The molecule has 0 unspecified atom stereocenters. The first-order chi connectivity index (χ1) is 9.16. The quantitative estimate of drug-likeness (QED) is 0.915. The number of hydrogen-bond acceptors (Lipinski definition) is 3. The molecule has 5 heteroatoms. The van der Waals surface area contributed by atoms with E-state index in [1.165, 1.54) is 11.5 Å². The summed E-state index contributed by atoms with van der Waals surface area (Å²) in [5.74, 6) is 2.46. The molecule has 1 aromatic carbocycles. The number of fused-ring (bicyclic) bond motifs is 1. The molecule has 0 radical (unpaired) electrons. The molecule has 0 bridgehead atoms. The molecule has 0 atom stereocenters. The summed E-state index contributed by atoms with van der Waals surface area (Å²) in [6.07, 6.45) is 2.33. The van der Waals surface area contributed by atoms with E-state index < -0.39 is 5.97 Å². The molecule has 2 heterocycles. The van der Waals surface area contributed by atoms with Crippen molar-refractivity contribution >= 4 is 28.8 Å². The van der Waals surface area contributed by atoms with Crippen molar-refractivity contribution in [1.82, 2.24) is 9.55 Å². The van der Waals surface area contributed by atoms with Gasteiger partial charge in [0.25, 0.3) is 0 Å². The highest BCUT2D eigenvalue weighted by Gasteiger charge is 2.20. The van der Waals surface area contributed by atoms with Crippen molar-refractivity contribution in [3.05, 3.63) is 29.6 Å². The second-order valence-corrected chi connectivity index (χ2v) is 6.11. The second-order valence-electron chi connectivity index (χ2n) is 4.88. The number of aromatic nitrogens is 2. The van der Waals surface area contributed by atoms with Crippen LogP contribution in [0.2, 0.25) is 0 Å². The Hall–Kier alpha value is -1.49. The molecule has 0 spiro atoms. The number of rotatable bonds is 2. The molecule has 1 aliphatic heterocycles. The molecule has 0 aliphatic carbocycles. The van der Waals surface area contributed by atoms with Gasteiger partial charge in [0.05, 0.1) is 16.6 Å². The Balaban J connectivity index is 2.09. The normalized spacial score (nSPS) is 16.9. The average molecular weight is 276 g/mol. The van der Waals surface area contributed by atoms with Crippen LogP contribution in [0.5, 0.6) is 0 Å². The number of thioether (sulfide) groups is 1. The minimum Gasteiger partial charge on any atom is -0.478 e. The molecule has 1 aliphatic rings. The largest absolute Gasteiger partial charge is 0.478 e. The van der Waals surface area contributed by atoms with Crippen LogP contribution in [0.3, 0.4) is 0 Å². The first-order valence-electron chi connectivity index (χ1n) is 6.46. The summed E-state index contributed by atoms with van der Waals surface area (Å²) >= 11 is 2.00. The first-order valence-corrected chi connectivity index (χ1v) is 7.62. The summed E-state index contributed by atoms with van der Waals surface area (Å²) in [6.45, 7) is 2.00. The molecule has 2 aromatic rings. The van der Waals surface area contributed by atoms with Crippen molar-refractivity contribution in [2.24, 2.45) is 0 Å². The molecule has 1 fully saturated rings. The Morgan fingerprint density at radius 3 is 2.84 bits per heavy atom. The van der Waals surface area contributed by atoms with E-state index in [0.717, 1.165) is 29.7 Å². The smallest absolute Gasteiger partial charge is 0.335 e. The number of carbonyl (C=O) groups is 1. The van der Waals surface area contributed by atoms with Crippen molar-refractivity contribution in [3.63, 3.8) is 0 Å². The van der Waals surface area contributed by atoms with E-state index in [0.29, 0.717) is 11.6 Å². The maximum Gasteiger partial charge on any atom is 0.335 e. The molecule has 1 saturated heterocycles. The third-order valence-corrected chi connectivity index (χ3v) is 4.72. The molecule has 1 N–H and O–H groups in total. The standard InChI is InChI=1S/C14H16N2O2S/c1-9-15-12-8-10(14(17)18)2-3-13(12)16(9)11-4-6-19-7-5-11/h2-3,8,11H,4-7H2,1H3,(H,17,18). The summed E-state index contributed by atoms with van der Waals surface area (Å²) in [6, 6.07) is 5.72. The molecule has 19 heavy (non-hydrogen) atoms. The third-order valence-electron chi connectivity index (χ3n) is 3.67. The van der Waals surface area contributed by atoms with Crippen molar-refractivity contribution in [2.75, 3.05) is 11.5 Å². The van der Waals surface area contributed by atoms with Crippen LogP contribution in [0.1, 0.15) is 35.1 Å². The zero-order valence-corrected chi connectivity index (χ0v) is 11.6. The molecule has 3 rings (SSSR count). The Kier molecular flexibility index (Phi) is 3.22. The van der Waals surface area contributed by atoms with Gasteiger partial charge in [0.2, 0.25) is 0 Å². The minimum absolute atomic E-state index is 0.302. The highest BCUT2D eigenvalue weighted by molar-refractivity contribution is 7.99. The van der Waals surface area contributed by atoms with Crippen molar-refractivity contribution in [3.8, 4) is 0 Å². The Morgan fingerprint density at radius 1 is 1.42 bits per heavy atom. The van der Waals surface area contributed by atoms with Gasteiger partial charge in [0, 0.05) is 6.04 Å². The van der Waals surface area contributed by atoms with Gasteiger partial charge < -0.3 is 9.67 Å². The molecule has 1 aromatic heterocycles. The van der Waals surface area contributed by atoms with Crippen LogP contribution in [0.15, 0.2) is 18.2 Å². The van der Waals surface area contributed by atoms with Gasteiger partial charge in [-0.1, -0.05) is 0 Å². The number of carboxylic acid groups (broad SMARTS) is 1. The minimum atomic E-state index is -0.900. The summed E-state index contributed by atoms with van der Waals surface area (Å²) in [5.41, 5.74) is 2.14. The van der Waals surface area contributed by atoms with Crippen LogP contribution in [0.25, 0.3) is 11.0 Å². The highest BCUT2D eigenvalue weighted by atomic mass is 32.2. The van der Waals surface area contributed by atoms with E-state index in [4.69, 9.17) is 5.11 Å². The first kappa shape index (κ1) is 12.5. The lowest BCUT2D eigenvalue weighted by atomic mass is 10.1. The zero-order valence-electron chi connectivity index (χ0n) is 10.8. The molecule has 100 valence electrons. The highest BCUT2D eigenvalue weighted by Crippen LogP contribution is 2.31. The summed E-state index contributed by atoms with van der Waals surface area (Å²) in [7, 11) is 0. The van der Waals surface area contributed by atoms with Gasteiger partial charge in [-0.15, -0.1) is 0 Å². The second kappa shape index (κ2) is 4.89. The van der Waals surface area contributed by atoms with E-state index in [-0.39, 0.29) is 0 Å². The van der Waals surface area contributed by atoms with E-state index in [2.05, 4.69) is 9.55 Å². The number of imidazole rings is 1. The summed E-state index contributed by atoms with van der Waals surface area (Å²) < 4.78 is 2.28. The summed E-state index contributed by atoms with van der Waals surface area (Å²) in [4.78, 5) is 15.5. The Labute approximate surface area is 115 Å². The van der Waals surface area contributed by atoms with Crippen LogP contribution in [-0.2, 0) is 0 Å². The fourth-order valence-electron chi connectivity index (χ4n) is 2.76. The number of hydrogen-bond donors (Lipinski definition) is 1. The van der Waals surface area contributed by atoms with Gasteiger partial charge in [-0.05, 0) is 49.5 Å². The molecule has 0 saturated carbocycles. The predicted molar refractivity (Wildman–Crippen MR) is 77.0 cm³/mol. The fraction of sp³-hybridized carbons (Fsp3) is 0.429. The van der Waals surface area contributed by atoms with Crippen LogP contribution < -0.4 is 0 Å². The van der Waals surface area contributed by atoms with Crippen molar-refractivity contribution in [1.29, 1.82) is 0 Å². The van der Waals surface area contributed by atoms with Crippen LogP contribution in [-0.4, -0.2) is 32.1 Å². The zero-order chi connectivity index (χ0) is 13.4. The third kappa shape index (κ3) is 2.23. The maximum atomic E-state index is 11.0. The van der Waals surface area contributed by atoms with E-state index >= 15 is 0 Å². The lowest BCUT2D eigenvalue weighted by Crippen LogP contribution is -2.16. The van der Waals surface area contributed by atoms with Gasteiger partial charge in [-0.25, -0.2) is 9.78 Å². The van der Waals surface area contributed by atoms with Crippen molar-refractivity contribution in [2.45, 2.75) is 25.8 Å². The number of aromatic carboxylic acids is 1. The number of carboxylic acids is 1. The molecule has 4 nitrogen and oxygen atoms in total. The van der Waals surface area contributed by atoms with Gasteiger partial charge in [-0.2, -0.15) is 11.8 Å². The number of benzene rings is 1. The Morgan fingerprint density at radius 2 is 2.16 bits per heavy atom. The van der Waals surface area contributed by atoms with E-state index in [1.807, 2.05) is 24.8 Å². The molecular formula is C14H16N2O2S. The van der Waals surface area contributed by atoms with Gasteiger partial charge in [0.15, 0.2) is 0 Å². The number of aryl methyl sites for hydroxylation is 1. The number of nitrogens with zero attached hydrogens (tertiary/aromatic N) is 2. The van der Waals surface area contributed by atoms with Gasteiger partial charge >= 0.3 is 5.97 Å². The van der Waals surface area contributed by atoms with Gasteiger partial charge in [-0.3, -0.25) is 0 Å². The average Bonchev–Trinajstić information content (AvgIpc) is 2.74.